The summed E-state index contributed by atoms with van der Waals surface area (Å²) in [6.45, 7) is 0.868. The van der Waals surface area contributed by atoms with E-state index in [4.69, 9.17) is 4.74 Å². The number of aromatic nitrogens is 1. The maximum absolute atomic E-state index is 12.4. The number of nitrogens with one attached hydrogen (secondary N) is 2. The van der Waals surface area contributed by atoms with Gasteiger partial charge in [-0.25, -0.2) is 0 Å². The molecular formula is C21H25N3O2. The van der Waals surface area contributed by atoms with Crippen molar-refractivity contribution in [2.45, 2.75) is 32.1 Å². The number of allylic oxidation sites excluding steroid dienone is 1. The van der Waals surface area contributed by atoms with Crippen LogP contribution >= 0.6 is 0 Å². The van der Waals surface area contributed by atoms with Gasteiger partial charge in [0.1, 0.15) is 11.4 Å². The predicted molar refractivity (Wildman–Crippen MR) is 105 cm³/mol. The van der Waals surface area contributed by atoms with Gasteiger partial charge in [-0.1, -0.05) is 17.7 Å². The van der Waals surface area contributed by atoms with Gasteiger partial charge in [0.15, 0.2) is 0 Å². The standard InChI is InChI=1S/C21H25N3O2/c1-26-19-9-5-8-18(14-19)24-21(25)20-15-17(11-13-23-20)22-12-10-16-6-3-2-4-7-16/h5-6,8-9,11,13-15H,2-4,7,10,12H2,1H3,(H,22,23)(H,24,25). The van der Waals surface area contributed by atoms with Crippen LogP contribution in [0, 0.1) is 0 Å². The van der Waals surface area contributed by atoms with Gasteiger partial charge in [-0.15, -0.1) is 0 Å². The highest BCUT2D eigenvalue weighted by molar-refractivity contribution is 6.03. The van der Waals surface area contributed by atoms with Gasteiger partial charge in [-0.05, 0) is 56.4 Å². The molecule has 1 amide bonds. The maximum atomic E-state index is 12.4. The molecule has 0 unspecified atom stereocenters. The Balaban J connectivity index is 1.57. The van der Waals surface area contributed by atoms with Crippen molar-refractivity contribution in [1.82, 2.24) is 4.98 Å². The van der Waals surface area contributed by atoms with Gasteiger partial charge in [0, 0.05) is 30.2 Å². The number of hydrogen-bond donors (Lipinski definition) is 2. The topological polar surface area (TPSA) is 63.2 Å². The summed E-state index contributed by atoms with van der Waals surface area (Å²) in [5, 5.41) is 6.24. The van der Waals surface area contributed by atoms with E-state index in [-0.39, 0.29) is 5.91 Å². The summed E-state index contributed by atoms with van der Waals surface area (Å²) >= 11 is 0. The van der Waals surface area contributed by atoms with Crippen molar-refractivity contribution >= 4 is 17.3 Å². The van der Waals surface area contributed by atoms with Crippen LogP contribution in [0.25, 0.3) is 0 Å². The maximum Gasteiger partial charge on any atom is 0.274 e. The molecule has 2 aromatic rings. The fourth-order valence-corrected chi connectivity index (χ4v) is 3.06. The Morgan fingerprint density at radius 1 is 1.19 bits per heavy atom. The Hall–Kier alpha value is -2.82. The van der Waals surface area contributed by atoms with Crippen molar-refractivity contribution in [3.05, 3.63) is 59.9 Å². The van der Waals surface area contributed by atoms with Crippen molar-refractivity contribution in [2.75, 3.05) is 24.3 Å². The van der Waals surface area contributed by atoms with Gasteiger partial charge < -0.3 is 15.4 Å². The number of anilines is 2. The normalized spacial score (nSPS) is 13.7. The molecule has 5 nitrogen and oxygen atoms in total. The largest absolute Gasteiger partial charge is 0.497 e. The lowest BCUT2D eigenvalue weighted by atomic mass is 9.97. The van der Waals surface area contributed by atoms with Crippen LogP contribution in [0.3, 0.4) is 0 Å². The molecule has 0 saturated carbocycles. The zero-order valence-electron chi connectivity index (χ0n) is 15.1. The number of carbonyl (C=O) groups is 1. The minimum absolute atomic E-state index is 0.239. The molecular weight excluding hydrogens is 326 g/mol. The third kappa shape index (κ3) is 5.09. The van der Waals surface area contributed by atoms with E-state index in [9.17, 15) is 4.79 Å². The van der Waals surface area contributed by atoms with Crippen LogP contribution in [-0.2, 0) is 0 Å². The van der Waals surface area contributed by atoms with Gasteiger partial charge in [-0.3, -0.25) is 9.78 Å². The molecule has 0 fully saturated rings. The first kappa shape index (κ1) is 18.0. The summed E-state index contributed by atoms with van der Waals surface area (Å²) in [6, 6.07) is 10.9. The summed E-state index contributed by atoms with van der Waals surface area (Å²) in [6.07, 6.45) is 10.1. The Labute approximate surface area is 154 Å². The highest BCUT2D eigenvalue weighted by atomic mass is 16.5. The van der Waals surface area contributed by atoms with E-state index in [1.54, 1.807) is 25.4 Å². The van der Waals surface area contributed by atoms with Gasteiger partial charge in [0.05, 0.1) is 7.11 Å². The number of pyridine rings is 1. The molecule has 0 radical (unpaired) electrons. The van der Waals surface area contributed by atoms with E-state index in [1.165, 1.54) is 31.3 Å². The predicted octanol–water partition coefficient (Wildman–Crippen LogP) is 4.64. The summed E-state index contributed by atoms with van der Waals surface area (Å²) in [5.74, 6) is 0.458. The summed E-state index contributed by atoms with van der Waals surface area (Å²) in [4.78, 5) is 16.6. The lowest BCUT2D eigenvalue weighted by molar-refractivity contribution is 0.102. The molecule has 1 aliphatic rings. The van der Waals surface area contributed by atoms with Crippen LogP contribution in [0.2, 0.25) is 0 Å². The third-order valence-corrected chi connectivity index (χ3v) is 4.48. The summed E-state index contributed by atoms with van der Waals surface area (Å²) in [5.41, 5.74) is 3.51. The van der Waals surface area contributed by atoms with Crippen LogP contribution in [0.1, 0.15) is 42.6 Å². The Kier molecular flexibility index (Phi) is 6.25. The molecule has 0 atom stereocenters. The zero-order valence-corrected chi connectivity index (χ0v) is 15.1. The molecule has 0 aliphatic heterocycles. The van der Waals surface area contributed by atoms with Gasteiger partial charge in [-0.2, -0.15) is 0 Å². The van der Waals surface area contributed by atoms with Crippen molar-refractivity contribution in [2.24, 2.45) is 0 Å². The molecule has 2 N–H and O–H groups in total. The minimum atomic E-state index is -0.239. The second kappa shape index (κ2) is 9.04. The van der Waals surface area contributed by atoms with Gasteiger partial charge >= 0.3 is 0 Å². The number of methoxy groups -OCH3 is 1. The molecule has 0 bridgehead atoms. The van der Waals surface area contributed by atoms with Crippen molar-refractivity contribution in [1.29, 1.82) is 0 Å². The molecule has 1 aromatic heterocycles. The average Bonchev–Trinajstić information content (AvgIpc) is 2.69. The molecule has 1 heterocycles. The van der Waals surface area contributed by atoms with E-state index in [0.29, 0.717) is 17.1 Å². The second-order valence-corrected chi connectivity index (χ2v) is 6.40. The molecule has 0 spiro atoms. The average molecular weight is 351 g/mol. The Morgan fingerprint density at radius 2 is 2.12 bits per heavy atom. The highest BCUT2D eigenvalue weighted by Crippen LogP contribution is 2.20. The first-order valence-electron chi connectivity index (χ1n) is 9.08. The summed E-state index contributed by atoms with van der Waals surface area (Å²) in [7, 11) is 1.60. The number of amides is 1. The molecule has 3 rings (SSSR count). The molecule has 5 heteroatoms. The summed E-state index contributed by atoms with van der Waals surface area (Å²) < 4.78 is 5.17. The van der Waals surface area contributed by atoms with E-state index < -0.39 is 0 Å². The monoisotopic (exact) mass is 351 g/mol. The first-order valence-corrected chi connectivity index (χ1v) is 9.08. The highest BCUT2D eigenvalue weighted by Gasteiger charge is 2.09. The van der Waals surface area contributed by atoms with Crippen LogP contribution in [0.15, 0.2) is 54.2 Å². The lowest BCUT2D eigenvalue weighted by Gasteiger charge is -2.13. The van der Waals surface area contributed by atoms with Crippen LogP contribution in [0.4, 0.5) is 11.4 Å². The minimum Gasteiger partial charge on any atom is -0.497 e. The Bertz CT molecular complexity index is 786. The number of benzene rings is 1. The van der Waals surface area contributed by atoms with Crippen molar-refractivity contribution < 1.29 is 9.53 Å². The smallest absolute Gasteiger partial charge is 0.274 e. The fourth-order valence-electron chi connectivity index (χ4n) is 3.06. The van der Waals surface area contributed by atoms with Crippen molar-refractivity contribution in [3.8, 4) is 5.75 Å². The quantitative estimate of drug-likeness (QED) is 0.713. The van der Waals surface area contributed by atoms with E-state index in [1.807, 2.05) is 24.3 Å². The van der Waals surface area contributed by atoms with Crippen LogP contribution in [-0.4, -0.2) is 24.5 Å². The Morgan fingerprint density at radius 3 is 2.92 bits per heavy atom. The van der Waals surface area contributed by atoms with Crippen molar-refractivity contribution in [3.63, 3.8) is 0 Å². The number of hydrogen-bond acceptors (Lipinski definition) is 4. The third-order valence-electron chi connectivity index (χ3n) is 4.48. The molecule has 26 heavy (non-hydrogen) atoms. The second-order valence-electron chi connectivity index (χ2n) is 6.40. The molecule has 136 valence electrons. The van der Waals surface area contributed by atoms with Crippen LogP contribution < -0.4 is 15.4 Å². The molecule has 1 aromatic carbocycles. The van der Waals surface area contributed by atoms with Gasteiger partial charge in [0.2, 0.25) is 0 Å². The lowest BCUT2D eigenvalue weighted by Crippen LogP contribution is -2.14. The number of ether oxygens (including phenoxy) is 1. The fraction of sp³-hybridized carbons (Fsp3) is 0.333. The SMILES string of the molecule is COc1cccc(NC(=O)c2cc(NCCC3=CCCCC3)ccn2)c1. The van der Waals surface area contributed by atoms with E-state index in [0.717, 1.165) is 18.7 Å². The van der Waals surface area contributed by atoms with E-state index >= 15 is 0 Å². The number of nitrogens with zero attached hydrogens (tertiary/aromatic N) is 1. The first-order chi connectivity index (χ1) is 12.7. The molecule has 1 aliphatic carbocycles. The van der Waals surface area contributed by atoms with E-state index in [2.05, 4.69) is 21.7 Å². The zero-order chi connectivity index (χ0) is 18.2. The molecule has 0 saturated heterocycles. The van der Waals surface area contributed by atoms with Gasteiger partial charge in [0.25, 0.3) is 5.91 Å². The number of carbonyl (C=O) groups excluding carboxylic acids is 1. The van der Waals surface area contributed by atoms with Crippen LogP contribution in [0.5, 0.6) is 5.75 Å². The number of rotatable bonds is 7.